The first kappa shape index (κ1) is 10.9. The van der Waals surface area contributed by atoms with E-state index < -0.39 is 0 Å². The summed E-state index contributed by atoms with van der Waals surface area (Å²) in [5.74, 6) is 0.677. The Bertz CT molecular complexity index is 330. The summed E-state index contributed by atoms with van der Waals surface area (Å²) in [5.41, 5.74) is 1.92. The molecule has 1 N–H and O–H groups in total. The van der Waals surface area contributed by atoms with E-state index in [1.54, 1.807) is 0 Å². The van der Waals surface area contributed by atoms with E-state index in [1.807, 2.05) is 36.4 Å². The number of amides is 1. The highest BCUT2D eigenvalue weighted by atomic mass is 32.1. The van der Waals surface area contributed by atoms with E-state index in [0.29, 0.717) is 0 Å². The molecule has 0 aliphatic rings. The first-order valence-corrected chi connectivity index (χ1v) is 5.00. The van der Waals surface area contributed by atoms with Crippen molar-refractivity contribution >= 4 is 30.3 Å². The van der Waals surface area contributed by atoms with E-state index in [-0.39, 0.29) is 5.91 Å². The summed E-state index contributed by atoms with van der Waals surface area (Å²) >= 11 is 4.07. The van der Waals surface area contributed by atoms with Gasteiger partial charge in [-0.25, -0.2) is 0 Å². The predicted molar refractivity (Wildman–Crippen MR) is 63.6 cm³/mol. The van der Waals surface area contributed by atoms with Gasteiger partial charge in [-0.15, -0.1) is 0 Å². The number of nitrogens with one attached hydrogen (secondary N) is 1. The monoisotopic (exact) mass is 207 g/mol. The smallest absolute Gasteiger partial charge is 0.221 e. The van der Waals surface area contributed by atoms with Crippen LogP contribution < -0.4 is 5.32 Å². The second kappa shape index (κ2) is 5.50. The molecule has 0 aromatic heterocycles. The number of carbonyl (C=O) groups is 1. The van der Waals surface area contributed by atoms with Crippen LogP contribution in [0.2, 0.25) is 0 Å². The first-order chi connectivity index (χ1) is 6.72. The highest BCUT2D eigenvalue weighted by Gasteiger charge is 1.93. The van der Waals surface area contributed by atoms with Gasteiger partial charge < -0.3 is 5.32 Å². The second-order valence-corrected chi connectivity index (χ2v) is 3.25. The van der Waals surface area contributed by atoms with E-state index in [1.165, 1.54) is 6.92 Å². The van der Waals surface area contributed by atoms with E-state index in [4.69, 9.17) is 0 Å². The molecule has 0 radical (unpaired) electrons. The van der Waals surface area contributed by atoms with Gasteiger partial charge in [-0.1, -0.05) is 24.3 Å². The van der Waals surface area contributed by atoms with Gasteiger partial charge in [0.1, 0.15) is 0 Å². The van der Waals surface area contributed by atoms with Crippen molar-refractivity contribution in [1.82, 2.24) is 0 Å². The number of hydrogen-bond acceptors (Lipinski definition) is 2. The van der Waals surface area contributed by atoms with Gasteiger partial charge in [0.15, 0.2) is 0 Å². The Morgan fingerprint density at radius 2 is 2.07 bits per heavy atom. The normalized spacial score (nSPS) is 10.4. The third-order valence-electron chi connectivity index (χ3n) is 1.65. The van der Waals surface area contributed by atoms with E-state index in [9.17, 15) is 4.79 Å². The van der Waals surface area contributed by atoms with Crippen LogP contribution in [-0.4, -0.2) is 11.7 Å². The quantitative estimate of drug-likeness (QED) is 0.733. The largest absolute Gasteiger partial charge is 0.326 e. The predicted octanol–water partition coefficient (Wildman–Crippen LogP) is 2.59. The molecule has 1 aromatic carbocycles. The molecule has 0 saturated carbocycles. The van der Waals surface area contributed by atoms with Crippen molar-refractivity contribution in [1.29, 1.82) is 0 Å². The van der Waals surface area contributed by atoms with Crippen LogP contribution in [0.5, 0.6) is 0 Å². The molecule has 0 bridgehead atoms. The number of anilines is 1. The Morgan fingerprint density at radius 3 is 2.57 bits per heavy atom. The van der Waals surface area contributed by atoms with Crippen LogP contribution >= 0.6 is 12.6 Å². The van der Waals surface area contributed by atoms with Crippen LogP contribution in [0.25, 0.3) is 6.08 Å². The number of rotatable bonds is 3. The molecule has 3 heteroatoms. The van der Waals surface area contributed by atoms with Gasteiger partial charge in [0, 0.05) is 18.4 Å². The molecule has 0 heterocycles. The van der Waals surface area contributed by atoms with Gasteiger partial charge in [0.05, 0.1) is 0 Å². The lowest BCUT2D eigenvalue weighted by Crippen LogP contribution is -2.05. The van der Waals surface area contributed by atoms with Gasteiger partial charge in [-0.3, -0.25) is 4.79 Å². The summed E-state index contributed by atoms with van der Waals surface area (Å²) in [7, 11) is 0. The third-order valence-corrected chi connectivity index (χ3v) is 1.86. The number of hydrogen-bond donors (Lipinski definition) is 2. The van der Waals surface area contributed by atoms with Crippen LogP contribution in [-0.2, 0) is 4.79 Å². The van der Waals surface area contributed by atoms with Gasteiger partial charge in [-0.2, -0.15) is 12.6 Å². The van der Waals surface area contributed by atoms with E-state index in [2.05, 4.69) is 17.9 Å². The minimum atomic E-state index is -0.0522. The molecule has 0 unspecified atom stereocenters. The molecule has 14 heavy (non-hydrogen) atoms. The number of thiol groups is 1. The standard InChI is InChI=1S/C11H13NOS/c1-9(13)12-11-6-4-10(5-7-11)3-2-8-14/h2-7,14H,8H2,1H3,(H,12,13). The molecule has 1 aromatic rings. The van der Waals surface area contributed by atoms with Crippen LogP contribution in [0.4, 0.5) is 5.69 Å². The average molecular weight is 207 g/mol. The highest BCUT2D eigenvalue weighted by Crippen LogP contribution is 2.10. The average Bonchev–Trinajstić information content (AvgIpc) is 2.16. The molecule has 0 fully saturated rings. The fraction of sp³-hybridized carbons (Fsp3) is 0.182. The Morgan fingerprint density at radius 1 is 1.43 bits per heavy atom. The molecule has 1 amide bonds. The van der Waals surface area contributed by atoms with Crippen molar-refractivity contribution < 1.29 is 4.79 Å². The van der Waals surface area contributed by atoms with Crippen molar-refractivity contribution in [3.63, 3.8) is 0 Å². The summed E-state index contributed by atoms with van der Waals surface area (Å²) in [6.07, 6.45) is 3.96. The number of benzene rings is 1. The molecule has 2 nitrogen and oxygen atoms in total. The van der Waals surface area contributed by atoms with Gasteiger partial charge >= 0.3 is 0 Å². The lowest BCUT2D eigenvalue weighted by molar-refractivity contribution is -0.114. The van der Waals surface area contributed by atoms with Crippen LogP contribution in [0.1, 0.15) is 12.5 Å². The summed E-state index contributed by atoms with van der Waals surface area (Å²) in [5, 5.41) is 2.71. The maximum atomic E-state index is 10.7. The summed E-state index contributed by atoms with van der Waals surface area (Å²) < 4.78 is 0. The molecule has 0 spiro atoms. The Labute approximate surface area is 89.4 Å². The van der Waals surface area contributed by atoms with Crippen molar-refractivity contribution in [3.05, 3.63) is 35.9 Å². The second-order valence-electron chi connectivity index (χ2n) is 2.89. The van der Waals surface area contributed by atoms with Crippen LogP contribution in [0.3, 0.4) is 0 Å². The zero-order valence-corrected chi connectivity index (χ0v) is 8.92. The van der Waals surface area contributed by atoms with Crippen molar-refractivity contribution in [2.24, 2.45) is 0 Å². The molecule has 0 aliphatic carbocycles. The molecule has 74 valence electrons. The summed E-state index contributed by atoms with van der Waals surface area (Å²) in [4.78, 5) is 10.7. The van der Waals surface area contributed by atoms with Gasteiger partial charge in [0.25, 0.3) is 0 Å². The van der Waals surface area contributed by atoms with E-state index >= 15 is 0 Å². The van der Waals surface area contributed by atoms with Crippen molar-refractivity contribution in [2.45, 2.75) is 6.92 Å². The SMILES string of the molecule is CC(=O)Nc1ccc(C=CCS)cc1. The third kappa shape index (κ3) is 3.66. The number of carbonyl (C=O) groups excluding carboxylic acids is 1. The lowest BCUT2D eigenvalue weighted by Gasteiger charge is -2.01. The van der Waals surface area contributed by atoms with Crippen molar-refractivity contribution in [2.75, 3.05) is 11.1 Å². The summed E-state index contributed by atoms with van der Waals surface area (Å²) in [6, 6.07) is 7.65. The van der Waals surface area contributed by atoms with Crippen LogP contribution in [0.15, 0.2) is 30.3 Å². The topological polar surface area (TPSA) is 29.1 Å². The Hall–Kier alpha value is -1.22. The van der Waals surface area contributed by atoms with E-state index in [0.717, 1.165) is 17.0 Å². The minimum Gasteiger partial charge on any atom is -0.326 e. The molecular weight excluding hydrogens is 194 g/mol. The fourth-order valence-electron chi connectivity index (χ4n) is 1.07. The Balaban J connectivity index is 2.68. The maximum Gasteiger partial charge on any atom is 0.221 e. The van der Waals surface area contributed by atoms with Crippen molar-refractivity contribution in [3.8, 4) is 0 Å². The zero-order chi connectivity index (χ0) is 10.4. The molecular formula is C11H13NOS. The van der Waals surface area contributed by atoms with Crippen LogP contribution in [0, 0.1) is 0 Å². The minimum absolute atomic E-state index is 0.0522. The lowest BCUT2D eigenvalue weighted by atomic mass is 10.2. The zero-order valence-electron chi connectivity index (χ0n) is 8.03. The highest BCUT2D eigenvalue weighted by molar-refractivity contribution is 7.80. The fourth-order valence-corrected chi connectivity index (χ4v) is 1.18. The first-order valence-electron chi connectivity index (χ1n) is 4.37. The van der Waals surface area contributed by atoms with Gasteiger partial charge in [0.2, 0.25) is 5.91 Å². The molecule has 0 saturated heterocycles. The molecule has 1 rings (SSSR count). The molecule has 0 aliphatic heterocycles. The van der Waals surface area contributed by atoms with Gasteiger partial charge in [-0.05, 0) is 17.7 Å². The maximum absolute atomic E-state index is 10.7. The summed E-state index contributed by atoms with van der Waals surface area (Å²) in [6.45, 7) is 1.49. The molecule has 0 atom stereocenters. The Kier molecular flexibility index (Phi) is 4.26.